The monoisotopic (exact) mass is 419 g/mol. The smallest absolute Gasteiger partial charge is 0.407 e. The number of hydrogen-bond donors (Lipinski definition) is 2. The molecule has 29 heavy (non-hydrogen) atoms. The van der Waals surface area contributed by atoms with Crippen molar-refractivity contribution < 1.29 is 23.9 Å². The van der Waals surface area contributed by atoms with Gasteiger partial charge in [-0.15, -0.1) is 0 Å². The van der Waals surface area contributed by atoms with Crippen molar-refractivity contribution in [2.24, 2.45) is 5.92 Å². The van der Waals surface area contributed by atoms with Crippen LogP contribution in [0.2, 0.25) is 0 Å². The molecule has 1 aromatic rings. The van der Waals surface area contributed by atoms with E-state index in [0.29, 0.717) is 4.91 Å². The first-order valence-corrected chi connectivity index (χ1v) is 10.2. The third-order valence-corrected chi connectivity index (χ3v) is 5.01. The summed E-state index contributed by atoms with van der Waals surface area (Å²) in [6.07, 6.45) is 1.000. The molecule has 8 nitrogen and oxygen atoms in total. The molecule has 0 spiro atoms. The van der Waals surface area contributed by atoms with Crippen molar-refractivity contribution in [1.82, 2.24) is 15.5 Å². The number of carbonyl (C=O) groups is 4. The summed E-state index contributed by atoms with van der Waals surface area (Å²) in [5.74, 6) is -0.951. The summed E-state index contributed by atoms with van der Waals surface area (Å²) in [6.45, 7) is 5.60. The van der Waals surface area contributed by atoms with Crippen molar-refractivity contribution in [2.45, 2.75) is 26.8 Å². The lowest BCUT2D eigenvalue weighted by atomic mass is 10.0. The van der Waals surface area contributed by atoms with Crippen LogP contribution in [-0.2, 0) is 14.3 Å². The molecule has 1 aliphatic heterocycles. The van der Waals surface area contributed by atoms with Gasteiger partial charge in [-0.05, 0) is 36.2 Å². The number of hydrogen-bond acceptors (Lipinski definition) is 6. The summed E-state index contributed by atoms with van der Waals surface area (Å²) in [7, 11) is 0. The topological polar surface area (TPSA) is 105 Å². The van der Waals surface area contributed by atoms with Gasteiger partial charge in [0.1, 0.15) is 6.04 Å². The highest BCUT2D eigenvalue weighted by Crippen LogP contribution is 2.31. The molecule has 1 unspecified atom stereocenters. The van der Waals surface area contributed by atoms with E-state index in [4.69, 9.17) is 4.74 Å². The molecule has 1 atom stereocenters. The van der Waals surface area contributed by atoms with Crippen LogP contribution in [0.15, 0.2) is 35.2 Å². The van der Waals surface area contributed by atoms with Gasteiger partial charge in [-0.1, -0.05) is 44.2 Å². The van der Waals surface area contributed by atoms with Gasteiger partial charge >= 0.3 is 6.09 Å². The number of carbonyl (C=O) groups excluding carboxylic acids is 4. The second-order valence-electron chi connectivity index (χ2n) is 6.62. The molecule has 1 aromatic carbocycles. The molecular weight excluding hydrogens is 394 g/mol. The lowest BCUT2D eigenvalue weighted by Gasteiger charge is -2.22. The fourth-order valence-corrected chi connectivity index (χ4v) is 3.49. The second kappa shape index (κ2) is 10.7. The normalized spacial score (nSPS) is 16.3. The van der Waals surface area contributed by atoms with Crippen LogP contribution >= 0.6 is 11.8 Å². The average Bonchev–Trinajstić information content (AvgIpc) is 2.94. The summed E-state index contributed by atoms with van der Waals surface area (Å²) in [5.41, 5.74) is 0.830. The summed E-state index contributed by atoms with van der Waals surface area (Å²) < 4.78 is 4.81. The number of ether oxygens (including phenoxy) is 1. The van der Waals surface area contributed by atoms with Gasteiger partial charge in [-0.2, -0.15) is 0 Å². The lowest BCUT2D eigenvalue weighted by molar-refractivity contribution is -0.125. The minimum Gasteiger partial charge on any atom is -0.450 e. The number of thioether (sulfide) groups is 1. The predicted octanol–water partition coefficient (Wildman–Crippen LogP) is 2.61. The molecule has 1 fully saturated rings. The van der Waals surface area contributed by atoms with Crippen LogP contribution in [0.3, 0.4) is 0 Å². The number of nitrogens with zero attached hydrogens (tertiary/aromatic N) is 1. The zero-order valence-corrected chi connectivity index (χ0v) is 17.5. The Bertz CT molecular complexity index is 795. The van der Waals surface area contributed by atoms with Crippen molar-refractivity contribution in [3.8, 4) is 0 Å². The Labute approximate surface area is 174 Å². The third kappa shape index (κ3) is 6.35. The van der Waals surface area contributed by atoms with E-state index in [1.165, 1.54) is 0 Å². The van der Waals surface area contributed by atoms with Gasteiger partial charge in [0.15, 0.2) is 0 Å². The summed E-state index contributed by atoms with van der Waals surface area (Å²) >= 11 is 0.873. The fourth-order valence-electron chi connectivity index (χ4n) is 2.63. The van der Waals surface area contributed by atoms with Crippen molar-refractivity contribution in [2.75, 3.05) is 19.7 Å². The zero-order valence-electron chi connectivity index (χ0n) is 16.6. The highest BCUT2D eigenvalue weighted by molar-refractivity contribution is 8.18. The Morgan fingerprint density at radius 1 is 1.21 bits per heavy atom. The van der Waals surface area contributed by atoms with E-state index >= 15 is 0 Å². The van der Waals surface area contributed by atoms with E-state index < -0.39 is 18.0 Å². The quantitative estimate of drug-likeness (QED) is 0.628. The van der Waals surface area contributed by atoms with Gasteiger partial charge in [-0.25, -0.2) is 4.79 Å². The fraction of sp³-hybridized carbons (Fsp3) is 0.400. The number of imide groups is 1. The van der Waals surface area contributed by atoms with Gasteiger partial charge in [0.25, 0.3) is 11.1 Å². The first-order chi connectivity index (χ1) is 13.8. The third-order valence-electron chi connectivity index (χ3n) is 4.10. The Balaban J connectivity index is 1.91. The van der Waals surface area contributed by atoms with Crippen molar-refractivity contribution >= 4 is 41.0 Å². The number of amides is 4. The van der Waals surface area contributed by atoms with E-state index in [2.05, 4.69) is 10.6 Å². The van der Waals surface area contributed by atoms with Crippen molar-refractivity contribution in [3.05, 3.63) is 40.8 Å². The SMILES string of the molecule is CCOC(=O)NC(C(=O)NCCN1C(=O)S/C(=C\c2ccccc2)C1=O)C(C)C. The van der Waals surface area contributed by atoms with Crippen LogP contribution in [-0.4, -0.2) is 53.8 Å². The van der Waals surface area contributed by atoms with Gasteiger partial charge < -0.3 is 15.4 Å². The highest BCUT2D eigenvalue weighted by atomic mass is 32.2. The molecule has 0 radical (unpaired) electrons. The Morgan fingerprint density at radius 3 is 2.52 bits per heavy atom. The Kier molecular flexibility index (Phi) is 8.26. The maximum absolute atomic E-state index is 12.5. The van der Waals surface area contributed by atoms with Crippen LogP contribution < -0.4 is 10.6 Å². The van der Waals surface area contributed by atoms with Crippen LogP contribution in [0.1, 0.15) is 26.3 Å². The molecule has 0 bridgehead atoms. The second-order valence-corrected chi connectivity index (χ2v) is 7.61. The standard InChI is InChI=1S/C20H25N3O5S/c1-4-28-19(26)22-16(13(2)3)17(24)21-10-11-23-18(25)15(29-20(23)27)12-14-8-6-5-7-9-14/h5-9,12-13,16H,4,10-11H2,1-3H3,(H,21,24)(H,22,26)/b15-12-. The number of alkyl carbamates (subject to hydrolysis) is 1. The van der Waals surface area contributed by atoms with Crippen molar-refractivity contribution in [3.63, 3.8) is 0 Å². The van der Waals surface area contributed by atoms with Crippen LogP contribution in [0.5, 0.6) is 0 Å². The minimum absolute atomic E-state index is 0.0484. The first-order valence-electron chi connectivity index (χ1n) is 9.35. The molecule has 2 rings (SSSR count). The van der Waals surface area contributed by atoms with E-state index in [9.17, 15) is 19.2 Å². The minimum atomic E-state index is -0.776. The van der Waals surface area contributed by atoms with Crippen molar-refractivity contribution in [1.29, 1.82) is 0 Å². The van der Waals surface area contributed by atoms with Gasteiger partial charge in [0, 0.05) is 13.1 Å². The molecule has 0 aromatic heterocycles. The molecular formula is C20H25N3O5S. The van der Waals surface area contributed by atoms with Crippen LogP contribution in [0.25, 0.3) is 6.08 Å². The largest absolute Gasteiger partial charge is 0.450 e. The molecule has 1 heterocycles. The molecule has 0 aliphatic carbocycles. The molecule has 0 saturated carbocycles. The van der Waals surface area contributed by atoms with Gasteiger partial charge in [0.05, 0.1) is 11.5 Å². The van der Waals surface area contributed by atoms with E-state index in [1.807, 2.05) is 30.3 Å². The average molecular weight is 420 g/mol. The number of nitrogens with one attached hydrogen (secondary N) is 2. The first kappa shape index (κ1) is 22.5. The molecule has 1 aliphatic rings. The molecule has 9 heteroatoms. The van der Waals surface area contributed by atoms with Crippen LogP contribution in [0, 0.1) is 5.92 Å². The van der Waals surface area contributed by atoms with Gasteiger partial charge in [0.2, 0.25) is 5.91 Å². The lowest BCUT2D eigenvalue weighted by Crippen LogP contribution is -2.51. The molecule has 1 saturated heterocycles. The van der Waals surface area contributed by atoms with Crippen LogP contribution in [0.4, 0.5) is 9.59 Å². The maximum atomic E-state index is 12.5. The summed E-state index contributed by atoms with van der Waals surface area (Å²) in [6, 6.07) is 8.48. The molecule has 156 valence electrons. The predicted molar refractivity (Wildman–Crippen MR) is 111 cm³/mol. The summed E-state index contributed by atoms with van der Waals surface area (Å²) in [4.78, 5) is 50.1. The van der Waals surface area contributed by atoms with E-state index in [1.54, 1.807) is 26.8 Å². The zero-order chi connectivity index (χ0) is 21.4. The highest BCUT2D eigenvalue weighted by Gasteiger charge is 2.35. The number of benzene rings is 1. The molecule has 4 amide bonds. The molecule has 2 N–H and O–H groups in total. The van der Waals surface area contributed by atoms with E-state index in [-0.39, 0.29) is 36.8 Å². The maximum Gasteiger partial charge on any atom is 0.407 e. The number of rotatable bonds is 8. The van der Waals surface area contributed by atoms with Gasteiger partial charge in [-0.3, -0.25) is 19.3 Å². The Morgan fingerprint density at radius 2 is 1.90 bits per heavy atom. The summed E-state index contributed by atoms with van der Waals surface area (Å²) in [5, 5.41) is 4.80. The van der Waals surface area contributed by atoms with E-state index in [0.717, 1.165) is 22.2 Å². The Hall–Kier alpha value is -2.81.